The number of ether oxygens (including phenoxy) is 1. The van der Waals surface area contributed by atoms with Gasteiger partial charge in [0.15, 0.2) is 5.78 Å². The van der Waals surface area contributed by atoms with Crippen LogP contribution in [0, 0.1) is 0 Å². The van der Waals surface area contributed by atoms with Crippen LogP contribution in [0.4, 0.5) is 23.0 Å². The van der Waals surface area contributed by atoms with Gasteiger partial charge in [-0.05, 0) is 50.2 Å². The van der Waals surface area contributed by atoms with Crippen molar-refractivity contribution in [3.8, 4) is 0 Å². The third-order valence-corrected chi connectivity index (χ3v) is 3.92. The van der Waals surface area contributed by atoms with Crippen LogP contribution in [0.25, 0.3) is 0 Å². The van der Waals surface area contributed by atoms with Crippen LogP contribution in [0.5, 0.6) is 0 Å². The van der Waals surface area contributed by atoms with Crippen molar-refractivity contribution in [3.63, 3.8) is 0 Å². The number of esters is 1. The van der Waals surface area contributed by atoms with Crippen LogP contribution in [-0.4, -0.2) is 28.3 Å². The van der Waals surface area contributed by atoms with Gasteiger partial charge in [0.05, 0.1) is 17.9 Å². The molecule has 28 heavy (non-hydrogen) atoms. The summed E-state index contributed by atoms with van der Waals surface area (Å²) in [5.41, 5.74) is 2.46. The second kappa shape index (κ2) is 8.77. The summed E-state index contributed by atoms with van der Waals surface area (Å²) in [6.45, 7) is 3.59. The SMILES string of the molecule is CCOC(=O)c1ccccc1Nc1cc(Nc2ccc(C(C)=O)cc2)ncn1. The fourth-order valence-corrected chi connectivity index (χ4v) is 2.55. The minimum absolute atomic E-state index is 0.0142. The molecule has 0 saturated carbocycles. The molecule has 0 aliphatic heterocycles. The zero-order chi connectivity index (χ0) is 19.9. The van der Waals surface area contributed by atoms with Crippen LogP contribution >= 0.6 is 0 Å². The largest absolute Gasteiger partial charge is 0.462 e. The summed E-state index contributed by atoms with van der Waals surface area (Å²) < 4.78 is 5.09. The molecule has 0 fully saturated rings. The van der Waals surface area contributed by atoms with Gasteiger partial charge in [-0.3, -0.25) is 4.79 Å². The van der Waals surface area contributed by atoms with Gasteiger partial charge < -0.3 is 15.4 Å². The molecule has 0 saturated heterocycles. The van der Waals surface area contributed by atoms with Gasteiger partial charge >= 0.3 is 5.97 Å². The van der Waals surface area contributed by atoms with Crippen LogP contribution in [-0.2, 0) is 4.74 Å². The van der Waals surface area contributed by atoms with Crippen molar-refractivity contribution in [2.45, 2.75) is 13.8 Å². The molecule has 2 N–H and O–H groups in total. The Hall–Kier alpha value is -3.74. The molecule has 0 amide bonds. The zero-order valence-corrected chi connectivity index (χ0v) is 15.6. The molecule has 7 heteroatoms. The second-order valence-corrected chi connectivity index (χ2v) is 5.94. The maximum Gasteiger partial charge on any atom is 0.340 e. The molecule has 2 aromatic carbocycles. The van der Waals surface area contributed by atoms with Crippen molar-refractivity contribution in [2.75, 3.05) is 17.2 Å². The first-order valence-electron chi connectivity index (χ1n) is 8.80. The number of aromatic nitrogens is 2. The smallest absolute Gasteiger partial charge is 0.340 e. The third-order valence-electron chi connectivity index (χ3n) is 3.92. The van der Waals surface area contributed by atoms with E-state index in [0.29, 0.717) is 35.1 Å². The van der Waals surface area contributed by atoms with E-state index in [-0.39, 0.29) is 5.78 Å². The first kappa shape index (κ1) is 19.0. The first-order valence-corrected chi connectivity index (χ1v) is 8.80. The summed E-state index contributed by atoms with van der Waals surface area (Å²) in [7, 11) is 0. The molecule has 0 atom stereocenters. The molecule has 3 rings (SSSR count). The summed E-state index contributed by atoms with van der Waals surface area (Å²) >= 11 is 0. The lowest BCUT2D eigenvalue weighted by atomic mass is 10.1. The minimum Gasteiger partial charge on any atom is -0.462 e. The van der Waals surface area contributed by atoms with E-state index in [1.807, 2.05) is 18.2 Å². The van der Waals surface area contributed by atoms with Crippen LogP contribution in [0.2, 0.25) is 0 Å². The van der Waals surface area contributed by atoms with Crippen LogP contribution in [0.15, 0.2) is 60.9 Å². The Bertz CT molecular complexity index is 987. The fraction of sp³-hybridized carbons (Fsp3) is 0.143. The number of benzene rings is 2. The summed E-state index contributed by atoms with van der Waals surface area (Å²) in [4.78, 5) is 31.9. The van der Waals surface area contributed by atoms with Crippen molar-refractivity contribution < 1.29 is 14.3 Å². The summed E-state index contributed by atoms with van der Waals surface area (Å²) in [6.07, 6.45) is 1.42. The number of anilines is 4. The van der Waals surface area contributed by atoms with Crippen LogP contribution in [0.3, 0.4) is 0 Å². The highest BCUT2D eigenvalue weighted by molar-refractivity contribution is 5.96. The molecule has 142 valence electrons. The number of rotatable bonds is 7. The quantitative estimate of drug-likeness (QED) is 0.468. The average molecular weight is 376 g/mol. The van der Waals surface area contributed by atoms with E-state index in [0.717, 1.165) is 5.69 Å². The van der Waals surface area contributed by atoms with Crippen molar-refractivity contribution in [1.29, 1.82) is 0 Å². The van der Waals surface area contributed by atoms with Gasteiger partial charge in [0.2, 0.25) is 0 Å². The normalized spacial score (nSPS) is 10.2. The van der Waals surface area contributed by atoms with Gasteiger partial charge in [-0.2, -0.15) is 0 Å². The number of nitrogens with one attached hydrogen (secondary N) is 2. The predicted molar refractivity (Wildman–Crippen MR) is 107 cm³/mol. The Morgan fingerprint density at radius 2 is 1.64 bits per heavy atom. The highest BCUT2D eigenvalue weighted by atomic mass is 16.5. The lowest BCUT2D eigenvalue weighted by molar-refractivity contribution is 0.0527. The van der Waals surface area contributed by atoms with E-state index < -0.39 is 5.97 Å². The first-order chi connectivity index (χ1) is 13.6. The van der Waals surface area contributed by atoms with E-state index in [1.165, 1.54) is 13.3 Å². The lowest BCUT2D eigenvalue weighted by Crippen LogP contribution is -2.08. The predicted octanol–water partition coefficient (Wildman–Crippen LogP) is 4.34. The Morgan fingerprint density at radius 1 is 0.964 bits per heavy atom. The summed E-state index contributed by atoms with van der Waals surface area (Å²) in [6, 6.07) is 15.9. The van der Waals surface area contributed by atoms with Crippen LogP contribution in [0.1, 0.15) is 34.6 Å². The van der Waals surface area contributed by atoms with Gasteiger partial charge in [-0.1, -0.05) is 12.1 Å². The van der Waals surface area contributed by atoms with Gasteiger partial charge in [0.25, 0.3) is 0 Å². The molecule has 7 nitrogen and oxygen atoms in total. The Labute approximate surface area is 162 Å². The zero-order valence-electron chi connectivity index (χ0n) is 15.6. The molecule has 0 radical (unpaired) electrons. The van der Waals surface area contributed by atoms with Crippen molar-refractivity contribution in [3.05, 3.63) is 72.1 Å². The molecule has 0 spiro atoms. The molecule has 3 aromatic rings. The Balaban J connectivity index is 1.77. The number of ketones is 1. The molecule has 1 heterocycles. The number of hydrogen-bond acceptors (Lipinski definition) is 7. The molecule has 0 unspecified atom stereocenters. The van der Waals surface area contributed by atoms with Gasteiger partial charge in [0, 0.05) is 17.3 Å². The topological polar surface area (TPSA) is 93.2 Å². The number of para-hydroxylation sites is 1. The molecular formula is C21H20N4O3. The minimum atomic E-state index is -0.399. The summed E-state index contributed by atoms with van der Waals surface area (Å²) in [5, 5.41) is 6.29. The van der Waals surface area contributed by atoms with Crippen molar-refractivity contribution in [2.24, 2.45) is 0 Å². The lowest BCUT2D eigenvalue weighted by Gasteiger charge is -2.12. The van der Waals surface area contributed by atoms with E-state index in [2.05, 4.69) is 20.6 Å². The number of Topliss-reactive ketones (excluding diaryl/α,β-unsaturated/α-hetero) is 1. The van der Waals surface area contributed by atoms with E-state index >= 15 is 0 Å². The van der Waals surface area contributed by atoms with Crippen LogP contribution < -0.4 is 10.6 Å². The van der Waals surface area contributed by atoms with Gasteiger partial charge in [-0.25, -0.2) is 14.8 Å². The molecule has 0 aliphatic rings. The number of carbonyl (C=O) groups is 2. The standard InChI is InChI=1S/C21H20N4O3/c1-3-28-21(27)17-6-4-5-7-18(17)25-20-12-19(22-13-23-20)24-16-10-8-15(9-11-16)14(2)26/h4-13H,3H2,1-2H3,(H2,22,23,24,25). The summed E-state index contributed by atoms with van der Waals surface area (Å²) in [5.74, 6) is 0.709. The van der Waals surface area contributed by atoms with E-state index in [1.54, 1.807) is 43.3 Å². The second-order valence-electron chi connectivity index (χ2n) is 5.94. The average Bonchev–Trinajstić information content (AvgIpc) is 2.69. The Kier molecular flexibility index (Phi) is 5.96. The van der Waals surface area contributed by atoms with Gasteiger partial charge in [0.1, 0.15) is 18.0 Å². The number of carbonyl (C=O) groups excluding carboxylic acids is 2. The maximum atomic E-state index is 12.1. The van der Waals surface area contributed by atoms with Gasteiger partial charge in [-0.15, -0.1) is 0 Å². The highest BCUT2D eigenvalue weighted by Gasteiger charge is 2.12. The molecule has 1 aromatic heterocycles. The molecule has 0 bridgehead atoms. The monoisotopic (exact) mass is 376 g/mol. The van der Waals surface area contributed by atoms with E-state index in [4.69, 9.17) is 4.74 Å². The molecule has 0 aliphatic carbocycles. The van der Waals surface area contributed by atoms with Crippen molar-refractivity contribution >= 4 is 34.8 Å². The van der Waals surface area contributed by atoms with Crippen molar-refractivity contribution in [1.82, 2.24) is 9.97 Å². The fourth-order valence-electron chi connectivity index (χ4n) is 2.55. The Morgan fingerprint density at radius 3 is 2.32 bits per heavy atom. The maximum absolute atomic E-state index is 12.1. The van der Waals surface area contributed by atoms with E-state index in [9.17, 15) is 9.59 Å². The highest BCUT2D eigenvalue weighted by Crippen LogP contribution is 2.23. The third kappa shape index (κ3) is 4.70. The molecular weight excluding hydrogens is 356 g/mol. The number of nitrogens with zero attached hydrogens (tertiary/aromatic N) is 2. The number of hydrogen-bond donors (Lipinski definition) is 2.